The predicted octanol–water partition coefficient (Wildman–Crippen LogP) is 1.27. The Bertz CT molecular complexity index is 625. The third-order valence-corrected chi connectivity index (χ3v) is 3.31. The smallest absolute Gasteiger partial charge is 0.279 e. The summed E-state index contributed by atoms with van der Waals surface area (Å²) >= 11 is 0. The van der Waals surface area contributed by atoms with E-state index in [0.29, 0.717) is 23.7 Å². The highest BCUT2D eigenvalue weighted by molar-refractivity contribution is 5.91. The molecule has 3 rings (SSSR count). The zero-order chi connectivity index (χ0) is 14.7. The lowest BCUT2D eigenvalue weighted by Gasteiger charge is -2.09. The number of nitrogens with two attached hydrogens (primary N) is 1. The number of benzene rings is 1. The molecule has 110 valence electrons. The van der Waals surface area contributed by atoms with E-state index in [1.807, 2.05) is 24.4 Å². The van der Waals surface area contributed by atoms with Gasteiger partial charge in [-0.3, -0.25) is 4.79 Å². The molecule has 1 aromatic carbocycles. The van der Waals surface area contributed by atoms with Gasteiger partial charge in [0.2, 0.25) is 6.79 Å². The van der Waals surface area contributed by atoms with Gasteiger partial charge < -0.3 is 24.5 Å². The third kappa shape index (κ3) is 3.17. The van der Waals surface area contributed by atoms with E-state index in [1.54, 1.807) is 24.5 Å². The zero-order valence-electron chi connectivity index (χ0n) is 11.7. The molecule has 1 amide bonds. The summed E-state index contributed by atoms with van der Waals surface area (Å²) in [5.41, 5.74) is 0.698. The predicted molar refractivity (Wildman–Crippen MR) is 75.1 cm³/mol. The molecule has 0 fully saturated rings. The van der Waals surface area contributed by atoms with Crippen LogP contribution in [-0.4, -0.2) is 19.2 Å². The highest BCUT2D eigenvalue weighted by Crippen LogP contribution is 2.34. The Labute approximate surface area is 122 Å². The van der Waals surface area contributed by atoms with Crippen LogP contribution in [0.1, 0.15) is 18.7 Å². The summed E-state index contributed by atoms with van der Waals surface area (Å²) in [6, 6.07) is 9.18. The van der Waals surface area contributed by atoms with Gasteiger partial charge in [0.15, 0.2) is 23.8 Å². The van der Waals surface area contributed by atoms with Gasteiger partial charge in [0.25, 0.3) is 5.91 Å². The summed E-state index contributed by atoms with van der Waals surface area (Å²) in [5.74, 6) is 2.13. The Kier molecular flexibility index (Phi) is 3.79. The molecule has 6 nitrogen and oxygen atoms in total. The van der Waals surface area contributed by atoms with Gasteiger partial charge in [-0.25, -0.2) is 0 Å². The quantitative estimate of drug-likeness (QED) is 0.869. The molecular weight excluding hydrogens is 272 g/mol. The van der Waals surface area contributed by atoms with Crippen LogP contribution < -0.4 is 20.1 Å². The van der Waals surface area contributed by atoms with Crippen LogP contribution >= 0.6 is 0 Å². The molecule has 2 aromatic rings. The standard InChI is InChI=1S/C15H16N2O4/c1-10(12-3-2-6-19-12)16-8-15(18)17-11-4-5-13-14(7-11)21-9-20-13/h2-7,10,16H,8-9H2,1H3,(H,17,18)/p+1/t10-/m1/s1. The van der Waals surface area contributed by atoms with Gasteiger partial charge in [-0.15, -0.1) is 0 Å². The van der Waals surface area contributed by atoms with Gasteiger partial charge in [0, 0.05) is 11.8 Å². The molecule has 21 heavy (non-hydrogen) atoms. The van der Waals surface area contributed by atoms with Crippen LogP contribution in [0, 0.1) is 0 Å². The van der Waals surface area contributed by atoms with Gasteiger partial charge in [-0.1, -0.05) is 0 Å². The van der Waals surface area contributed by atoms with Crippen LogP contribution in [0.4, 0.5) is 5.69 Å². The summed E-state index contributed by atoms with van der Waals surface area (Å²) < 4.78 is 15.8. The maximum Gasteiger partial charge on any atom is 0.279 e. The van der Waals surface area contributed by atoms with Gasteiger partial charge in [0.1, 0.15) is 6.04 Å². The molecule has 1 aromatic heterocycles. The first kappa shape index (κ1) is 13.5. The number of fused-ring (bicyclic) bond motifs is 1. The molecule has 0 aliphatic carbocycles. The molecule has 0 saturated carbocycles. The largest absolute Gasteiger partial charge is 0.463 e. The molecule has 0 radical (unpaired) electrons. The van der Waals surface area contributed by atoms with Crippen LogP contribution in [0.3, 0.4) is 0 Å². The summed E-state index contributed by atoms with van der Waals surface area (Å²) in [5, 5.41) is 4.75. The fourth-order valence-corrected chi connectivity index (χ4v) is 2.14. The number of nitrogens with one attached hydrogen (secondary N) is 1. The molecule has 1 aliphatic rings. The summed E-state index contributed by atoms with van der Waals surface area (Å²) in [6.45, 7) is 2.53. The number of furan rings is 1. The molecule has 1 atom stereocenters. The van der Waals surface area contributed by atoms with Gasteiger partial charge >= 0.3 is 0 Å². The van der Waals surface area contributed by atoms with E-state index in [-0.39, 0.29) is 18.7 Å². The fourth-order valence-electron chi connectivity index (χ4n) is 2.14. The number of hydrogen-bond acceptors (Lipinski definition) is 4. The van der Waals surface area contributed by atoms with Crippen LogP contribution in [-0.2, 0) is 4.79 Å². The van der Waals surface area contributed by atoms with Crippen LogP contribution in [0.15, 0.2) is 41.0 Å². The van der Waals surface area contributed by atoms with E-state index in [1.165, 1.54) is 0 Å². The first-order valence-corrected chi connectivity index (χ1v) is 6.78. The van der Waals surface area contributed by atoms with Gasteiger partial charge in [-0.05, 0) is 31.2 Å². The molecule has 0 spiro atoms. The minimum Gasteiger partial charge on any atom is -0.463 e. The van der Waals surface area contributed by atoms with Crippen molar-refractivity contribution in [3.05, 3.63) is 42.4 Å². The lowest BCUT2D eigenvalue weighted by atomic mass is 10.2. The van der Waals surface area contributed by atoms with Crippen molar-refractivity contribution in [1.29, 1.82) is 0 Å². The third-order valence-electron chi connectivity index (χ3n) is 3.31. The van der Waals surface area contributed by atoms with E-state index in [4.69, 9.17) is 13.9 Å². The molecule has 0 bridgehead atoms. The van der Waals surface area contributed by atoms with E-state index >= 15 is 0 Å². The molecular formula is C15H17N2O4+. The number of ether oxygens (including phenoxy) is 2. The van der Waals surface area contributed by atoms with Gasteiger partial charge in [-0.2, -0.15) is 0 Å². The zero-order valence-corrected chi connectivity index (χ0v) is 11.7. The number of carbonyl (C=O) groups is 1. The highest BCUT2D eigenvalue weighted by Gasteiger charge is 2.16. The fraction of sp³-hybridized carbons (Fsp3) is 0.267. The number of rotatable bonds is 5. The summed E-state index contributed by atoms with van der Waals surface area (Å²) in [6.07, 6.45) is 1.63. The van der Waals surface area contributed by atoms with Crippen molar-refractivity contribution in [3.8, 4) is 11.5 Å². The van der Waals surface area contributed by atoms with E-state index in [9.17, 15) is 4.79 Å². The minimum atomic E-state index is -0.0766. The Morgan fingerprint density at radius 2 is 2.19 bits per heavy atom. The maximum absolute atomic E-state index is 11.9. The molecule has 1 aliphatic heterocycles. The number of anilines is 1. The SMILES string of the molecule is C[C@@H]([NH2+]CC(=O)Nc1ccc2c(c1)OCO2)c1ccco1. The molecule has 2 heterocycles. The topological polar surface area (TPSA) is 77.3 Å². The molecule has 3 N–H and O–H groups in total. The van der Waals surface area contributed by atoms with Gasteiger partial charge in [0.05, 0.1) is 6.26 Å². The average molecular weight is 289 g/mol. The number of carbonyl (C=O) groups excluding carboxylic acids is 1. The van der Waals surface area contributed by atoms with Crippen LogP contribution in [0.2, 0.25) is 0 Å². The van der Waals surface area contributed by atoms with Crippen LogP contribution in [0.5, 0.6) is 11.5 Å². The molecule has 0 unspecified atom stereocenters. The Morgan fingerprint density at radius 1 is 1.33 bits per heavy atom. The summed E-state index contributed by atoms with van der Waals surface area (Å²) in [4.78, 5) is 11.9. The monoisotopic (exact) mass is 289 g/mol. The van der Waals surface area contributed by atoms with E-state index in [0.717, 1.165) is 5.76 Å². The van der Waals surface area contributed by atoms with Crippen molar-refractivity contribution in [2.75, 3.05) is 18.7 Å². The lowest BCUT2D eigenvalue weighted by molar-refractivity contribution is -0.684. The van der Waals surface area contributed by atoms with Crippen molar-refractivity contribution in [3.63, 3.8) is 0 Å². The summed E-state index contributed by atoms with van der Waals surface area (Å²) in [7, 11) is 0. The van der Waals surface area contributed by atoms with Crippen LogP contribution in [0.25, 0.3) is 0 Å². The average Bonchev–Trinajstić information content (AvgIpc) is 3.15. The first-order chi connectivity index (χ1) is 10.2. The van der Waals surface area contributed by atoms with Crippen molar-refractivity contribution >= 4 is 11.6 Å². The minimum absolute atomic E-state index is 0.0766. The van der Waals surface area contributed by atoms with Crippen molar-refractivity contribution in [2.24, 2.45) is 0 Å². The highest BCUT2D eigenvalue weighted by atomic mass is 16.7. The Balaban J connectivity index is 1.52. The van der Waals surface area contributed by atoms with Crippen molar-refractivity contribution < 1.29 is 24.0 Å². The normalized spacial score (nSPS) is 14.0. The van der Waals surface area contributed by atoms with E-state index in [2.05, 4.69) is 5.32 Å². The Morgan fingerprint density at radius 3 is 3.00 bits per heavy atom. The second-order valence-corrected chi connectivity index (χ2v) is 4.86. The Hall–Kier alpha value is -2.47. The first-order valence-electron chi connectivity index (χ1n) is 6.78. The van der Waals surface area contributed by atoms with Crippen molar-refractivity contribution in [2.45, 2.75) is 13.0 Å². The molecule has 6 heteroatoms. The number of quaternary nitrogens is 1. The van der Waals surface area contributed by atoms with E-state index < -0.39 is 0 Å². The second kappa shape index (κ2) is 5.88. The maximum atomic E-state index is 11.9. The molecule has 0 saturated heterocycles. The van der Waals surface area contributed by atoms with Crippen molar-refractivity contribution in [1.82, 2.24) is 0 Å². The number of amides is 1. The lowest BCUT2D eigenvalue weighted by Crippen LogP contribution is -2.86. The second-order valence-electron chi connectivity index (χ2n) is 4.86. The number of hydrogen-bond donors (Lipinski definition) is 2.